The Balaban J connectivity index is 2.21. The molecule has 0 saturated heterocycles. The molecule has 2 rings (SSSR count). The lowest BCUT2D eigenvalue weighted by atomic mass is 10.0. The van der Waals surface area contributed by atoms with E-state index in [1.54, 1.807) is 16.8 Å². The maximum Gasteiger partial charge on any atom is 0.416 e. The molecule has 6 heteroatoms. The molecule has 1 atom stereocenters. The van der Waals surface area contributed by atoms with Crippen molar-refractivity contribution >= 4 is 0 Å². The smallest absolute Gasteiger partial charge is 0.386 e. The van der Waals surface area contributed by atoms with Gasteiger partial charge in [0.25, 0.3) is 0 Å². The highest BCUT2D eigenvalue weighted by molar-refractivity contribution is 5.27. The minimum absolute atomic E-state index is 0.120. The molecule has 0 bridgehead atoms. The van der Waals surface area contributed by atoms with Gasteiger partial charge in [-0.15, -0.1) is 0 Å². The lowest BCUT2D eigenvalue weighted by molar-refractivity contribution is -0.137. The fourth-order valence-electron chi connectivity index (χ4n) is 2.29. The largest absolute Gasteiger partial charge is 0.416 e. The number of hydrogen-bond acceptors (Lipinski definition) is 2. The normalized spacial score (nSPS) is 13.4. The first-order valence-electron chi connectivity index (χ1n) is 6.69. The molecule has 0 fully saturated rings. The Morgan fingerprint density at radius 2 is 2.00 bits per heavy atom. The first-order valence-corrected chi connectivity index (χ1v) is 6.69. The minimum atomic E-state index is -4.37. The molecule has 0 radical (unpaired) electrons. The molecule has 0 aliphatic heterocycles. The summed E-state index contributed by atoms with van der Waals surface area (Å²) in [4.78, 5) is 0. The average Bonchev–Trinajstić information content (AvgIpc) is 2.79. The van der Waals surface area contributed by atoms with Crippen LogP contribution >= 0.6 is 0 Å². The first-order chi connectivity index (χ1) is 9.81. The molecule has 0 spiro atoms. The van der Waals surface area contributed by atoms with E-state index in [1.807, 2.05) is 13.8 Å². The highest BCUT2D eigenvalue weighted by Crippen LogP contribution is 2.30. The predicted molar refractivity (Wildman–Crippen MR) is 72.7 cm³/mol. The second-order valence-corrected chi connectivity index (χ2v) is 4.94. The summed E-state index contributed by atoms with van der Waals surface area (Å²) in [5.41, 5.74) is 1.13. The van der Waals surface area contributed by atoms with E-state index in [-0.39, 0.29) is 6.42 Å². The standard InChI is InChI=1S/C15H17F3N2O/c1-3-20-13(7-10(2)19-20)14(21)9-11-5-4-6-12(8-11)15(16,17)18/h4-8,14,21H,3,9H2,1-2H3. The van der Waals surface area contributed by atoms with Crippen LogP contribution in [0.15, 0.2) is 30.3 Å². The van der Waals surface area contributed by atoms with Crippen molar-refractivity contribution < 1.29 is 18.3 Å². The molecule has 1 unspecified atom stereocenters. The van der Waals surface area contributed by atoms with Gasteiger partial charge in [0.1, 0.15) is 0 Å². The zero-order valence-corrected chi connectivity index (χ0v) is 11.9. The number of aliphatic hydroxyl groups is 1. The van der Waals surface area contributed by atoms with E-state index in [9.17, 15) is 18.3 Å². The number of aromatic nitrogens is 2. The van der Waals surface area contributed by atoms with Gasteiger partial charge in [0.2, 0.25) is 0 Å². The second kappa shape index (κ2) is 5.89. The third kappa shape index (κ3) is 3.64. The Morgan fingerprint density at radius 1 is 1.29 bits per heavy atom. The quantitative estimate of drug-likeness (QED) is 0.938. The zero-order chi connectivity index (χ0) is 15.6. The average molecular weight is 298 g/mol. The van der Waals surface area contributed by atoms with Crippen molar-refractivity contribution in [3.8, 4) is 0 Å². The van der Waals surface area contributed by atoms with Crippen LogP contribution in [0, 0.1) is 6.92 Å². The maximum atomic E-state index is 12.7. The molecule has 0 saturated carbocycles. The van der Waals surface area contributed by atoms with Gasteiger partial charge in [-0.2, -0.15) is 18.3 Å². The van der Waals surface area contributed by atoms with Gasteiger partial charge in [0.05, 0.1) is 23.1 Å². The van der Waals surface area contributed by atoms with E-state index < -0.39 is 17.8 Å². The predicted octanol–water partition coefficient (Wildman–Crippen LogP) is 3.51. The number of benzene rings is 1. The second-order valence-electron chi connectivity index (χ2n) is 4.94. The van der Waals surface area contributed by atoms with Crippen molar-refractivity contribution in [3.05, 3.63) is 52.8 Å². The van der Waals surface area contributed by atoms with Crippen molar-refractivity contribution in [2.45, 2.75) is 39.1 Å². The summed E-state index contributed by atoms with van der Waals surface area (Å²) in [5.74, 6) is 0. The summed E-state index contributed by atoms with van der Waals surface area (Å²) >= 11 is 0. The topological polar surface area (TPSA) is 38.0 Å². The van der Waals surface area contributed by atoms with Crippen molar-refractivity contribution in [3.63, 3.8) is 0 Å². The molecule has 1 aromatic carbocycles. The number of hydrogen-bond donors (Lipinski definition) is 1. The third-order valence-electron chi connectivity index (χ3n) is 3.26. The van der Waals surface area contributed by atoms with E-state index in [0.717, 1.165) is 17.8 Å². The molecule has 2 aromatic rings. The van der Waals surface area contributed by atoms with Crippen LogP contribution in [0.25, 0.3) is 0 Å². The van der Waals surface area contributed by atoms with Crippen molar-refractivity contribution in [1.82, 2.24) is 9.78 Å². The van der Waals surface area contributed by atoms with Crippen LogP contribution < -0.4 is 0 Å². The summed E-state index contributed by atoms with van der Waals surface area (Å²) in [6.45, 7) is 4.31. The minimum Gasteiger partial charge on any atom is -0.386 e. The van der Waals surface area contributed by atoms with Crippen LogP contribution in [-0.2, 0) is 19.1 Å². The van der Waals surface area contributed by atoms with Crippen LogP contribution in [0.1, 0.15) is 35.5 Å². The van der Waals surface area contributed by atoms with Crippen molar-refractivity contribution in [2.24, 2.45) is 0 Å². The zero-order valence-electron chi connectivity index (χ0n) is 11.9. The summed E-state index contributed by atoms with van der Waals surface area (Å²) in [5, 5.41) is 14.5. The Hall–Kier alpha value is -1.82. The maximum absolute atomic E-state index is 12.7. The summed E-state index contributed by atoms with van der Waals surface area (Å²) in [6.07, 6.45) is -5.13. The monoisotopic (exact) mass is 298 g/mol. The van der Waals surface area contributed by atoms with Gasteiger partial charge < -0.3 is 5.11 Å². The van der Waals surface area contributed by atoms with Gasteiger partial charge in [-0.3, -0.25) is 4.68 Å². The number of alkyl halides is 3. The molecule has 3 nitrogen and oxygen atoms in total. The van der Waals surface area contributed by atoms with Crippen LogP contribution in [0.2, 0.25) is 0 Å². The highest BCUT2D eigenvalue weighted by atomic mass is 19.4. The highest BCUT2D eigenvalue weighted by Gasteiger charge is 2.30. The van der Waals surface area contributed by atoms with E-state index in [2.05, 4.69) is 5.10 Å². The Morgan fingerprint density at radius 3 is 2.62 bits per heavy atom. The lowest BCUT2D eigenvalue weighted by Gasteiger charge is -2.14. The van der Waals surface area contributed by atoms with Crippen LogP contribution in [-0.4, -0.2) is 14.9 Å². The van der Waals surface area contributed by atoms with Gasteiger partial charge in [-0.25, -0.2) is 0 Å². The Kier molecular flexibility index (Phi) is 4.37. The van der Waals surface area contributed by atoms with E-state index >= 15 is 0 Å². The molecule has 0 amide bonds. The molecule has 1 heterocycles. The van der Waals surface area contributed by atoms with Crippen molar-refractivity contribution in [1.29, 1.82) is 0 Å². The van der Waals surface area contributed by atoms with E-state index in [1.165, 1.54) is 6.07 Å². The van der Waals surface area contributed by atoms with Gasteiger partial charge >= 0.3 is 6.18 Å². The molecule has 0 aliphatic rings. The molecule has 21 heavy (non-hydrogen) atoms. The first kappa shape index (κ1) is 15.6. The van der Waals surface area contributed by atoms with Gasteiger partial charge in [0.15, 0.2) is 0 Å². The molecule has 1 N–H and O–H groups in total. The van der Waals surface area contributed by atoms with Crippen LogP contribution in [0.4, 0.5) is 13.2 Å². The summed E-state index contributed by atoms with van der Waals surface area (Å²) in [6, 6.07) is 6.78. The Labute approximate surface area is 121 Å². The lowest BCUT2D eigenvalue weighted by Crippen LogP contribution is -2.11. The fraction of sp³-hybridized carbons (Fsp3) is 0.400. The molecule has 114 valence electrons. The van der Waals surface area contributed by atoms with Crippen LogP contribution in [0.5, 0.6) is 0 Å². The molecule has 0 aliphatic carbocycles. The molecular weight excluding hydrogens is 281 g/mol. The van der Waals surface area contributed by atoms with E-state index in [0.29, 0.717) is 17.8 Å². The summed E-state index contributed by atoms with van der Waals surface area (Å²) < 4.78 is 39.7. The molecular formula is C15H17F3N2O. The Bertz CT molecular complexity index is 620. The van der Waals surface area contributed by atoms with Gasteiger partial charge in [-0.1, -0.05) is 18.2 Å². The number of aryl methyl sites for hydroxylation is 2. The fourth-order valence-corrected chi connectivity index (χ4v) is 2.29. The SMILES string of the molecule is CCn1nc(C)cc1C(O)Cc1cccc(C(F)(F)F)c1. The summed E-state index contributed by atoms with van der Waals surface area (Å²) in [7, 11) is 0. The molecule has 1 aromatic heterocycles. The van der Waals surface area contributed by atoms with Gasteiger partial charge in [0, 0.05) is 13.0 Å². The van der Waals surface area contributed by atoms with Crippen molar-refractivity contribution in [2.75, 3.05) is 0 Å². The van der Waals surface area contributed by atoms with E-state index in [4.69, 9.17) is 0 Å². The van der Waals surface area contributed by atoms with Gasteiger partial charge in [-0.05, 0) is 31.5 Å². The van der Waals surface area contributed by atoms with Crippen LogP contribution in [0.3, 0.4) is 0 Å². The number of rotatable bonds is 4. The number of halogens is 3. The number of aliphatic hydroxyl groups excluding tert-OH is 1. The third-order valence-corrected chi connectivity index (χ3v) is 3.26. The number of nitrogens with zero attached hydrogens (tertiary/aromatic N) is 2.